The maximum absolute atomic E-state index is 13.6. The van der Waals surface area contributed by atoms with Crippen LogP contribution in [-0.4, -0.2) is 29.7 Å². The molecule has 0 radical (unpaired) electrons. The van der Waals surface area contributed by atoms with Crippen LogP contribution in [0.25, 0.3) is 0 Å². The van der Waals surface area contributed by atoms with Gasteiger partial charge in [-0.1, -0.05) is 23.9 Å². The third kappa shape index (κ3) is 6.59. The van der Waals surface area contributed by atoms with Crippen molar-refractivity contribution in [2.75, 3.05) is 17.7 Å². The Labute approximate surface area is 248 Å². The number of benzene rings is 3. The SMILES string of the molecule is COc1ccc(C)cc1NC1=C(Sc2cccc(NC(=O)c3ccc(C(F)(F)F)cc3)c2)C(=O)N(Cc2ccco2)C1=O. The van der Waals surface area contributed by atoms with E-state index in [1.54, 1.807) is 48.5 Å². The highest BCUT2D eigenvalue weighted by molar-refractivity contribution is 8.04. The van der Waals surface area contributed by atoms with E-state index in [2.05, 4.69) is 10.6 Å². The fraction of sp³-hybridized carbons (Fsp3) is 0.129. The first-order valence-corrected chi connectivity index (χ1v) is 13.7. The first-order chi connectivity index (χ1) is 20.5. The first kappa shape index (κ1) is 29.5. The van der Waals surface area contributed by atoms with E-state index >= 15 is 0 Å². The van der Waals surface area contributed by atoms with Gasteiger partial charge < -0.3 is 19.8 Å². The van der Waals surface area contributed by atoms with Crippen LogP contribution in [-0.2, 0) is 22.3 Å². The predicted molar refractivity (Wildman–Crippen MR) is 154 cm³/mol. The number of thioether (sulfide) groups is 1. The maximum atomic E-state index is 13.6. The molecule has 0 spiro atoms. The summed E-state index contributed by atoms with van der Waals surface area (Å²) in [4.78, 5) is 41.6. The molecule has 0 fully saturated rings. The second-order valence-electron chi connectivity index (χ2n) is 9.47. The highest BCUT2D eigenvalue weighted by Gasteiger charge is 2.40. The normalized spacial score (nSPS) is 13.5. The fourth-order valence-corrected chi connectivity index (χ4v) is 5.29. The molecule has 0 saturated carbocycles. The van der Waals surface area contributed by atoms with E-state index in [1.807, 2.05) is 13.0 Å². The van der Waals surface area contributed by atoms with Gasteiger partial charge in [-0.3, -0.25) is 19.3 Å². The van der Waals surface area contributed by atoms with Crippen LogP contribution in [0, 0.1) is 6.92 Å². The predicted octanol–water partition coefficient (Wildman–Crippen LogP) is 6.85. The van der Waals surface area contributed by atoms with Crippen molar-refractivity contribution in [3.8, 4) is 5.75 Å². The number of rotatable bonds is 9. The smallest absolute Gasteiger partial charge is 0.416 e. The molecule has 8 nitrogen and oxygen atoms in total. The van der Waals surface area contributed by atoms with Crippen molar-refractivity contribution in [1.29, 1.82) is 0 Å². The number of hydrogen-bond acceptors (Lipinski definition) is 7. The third-order valence-electron chi connectivity index (χ3n) is 6.42. The number of carbonyl (C=O) groups excluding carboxylic acids is 3. The number of ether oxygens (including phenoxy) is 1. The van der Waals surface area contributed by atoms with Crippen LogP contribution >= 0.6 is 11.8 Å². The molecule has 43 heavy (non-hydrogen) atoms. The number of amides is 3. The largest absolute Gasteiger partial charge is 0.495 e. The molecule has 0 atom stereocenters. The van der Waals surface area contributed by atoms with Gasteiger partial charge in [0.2, 0.25) is 0 Å². The highest BCUT2D eigenvalue weighted by atomic mass is 32.2. The molecule has 220 valence electrons. The Bertz CT molecular complexity index is 1720. The number of alkyl halides is 3. The zero-order chi connectivity index (χ0) is 30.7. The third-order valence-corrected chi connectivity index (χ3v) is 7.49. The number of imide groups is 1. The molecular weight excluding hydrogens is 583 g/mol. The average Bonchev–Trinajstić information content (AvgIpc) is 3.57. The Balaban J connectivity index is 1.42. The van der Waals surface area contributed by atoms with E-state index in [9.17, 15) is 27.6 Å². The van der Waals surface area contributed by atoms with Crippen molar-refractivity contribution in [2.45, 2.75) is 24.5 Å². The van der Waals surface area contributed by atoms with Gasteiger partial charge in [0.25, 0.3) is 17.7 Å². The number of hydrogen-bond donors (Lipinski definition) is 2. The lowest BCUT2D eigenvalue weighted by Crippen LogP contribution is -2.31. The van der Waals surface area contributed by atoms with Crippen LogP contribution in [0.15, 0.2) is 105 Å². The maximum Gasteiger partial charge on any atom is 0.416 e. The van der Waals surface area contributed by atoms with Crippen molar-refractivity contribution < 1.29 is 36.7 Å². The number of nitrogens with zero attached hydrogens (tertiary/aromatic N) is 1. The Morgan fingerprint density at radius 2 is 1.74 bits per heavy atom. The Morgan fingerprint density at radius 3 is 2.42 bits per heavy atom. The first-order valence-electron chi connectivity index (χ1n) is 12.8. The zero-order valence-electron chi connectivity index (χ0n) is 22.8. The van der Waals surface area contributed by atoms with E-state index in [0.29, 0.717) is 27.8 Å². The molecule has 2 heterocycles. The van der Waals surface area contributed by atoms with Gasteiger partial charge in [-0.05, 0) is 79.2 Å². The summed E-state index contributed by atoms with van der Waals surface area (Å²) in [6, 6.07) is 19.1. The van der Waals surface area contributed by atoms with Crippen LogP contribution < -0.4 is 15.4 Å². The second kappa shape index (κ2) is 12.1. The lowest BCUT2D eigenvalue weighted by molar-refractivity contribution is -0.139. The second-order valence-corrected chi connectivity index (χ2v) is 10.6. The molecule has 2 N–H and O–H groups in total. The minimum atomic E-state index is -4.51. The van der Waals surface area contributed by atoms with E-state index < -0.39 is 29.5 Å². The molecule has 0 saturated heterocycles. The minimum absolute atomic E-state index is 0.0393. The molecule has 0 bridgehead atoms. The van der Waals surface area contributed by atoms with Gasteiger partial charge in [0.05, 0.1) is 31.2 Å². The molecule has 12 heteroatoms. The van der Waals surface area contributed by atoms with E-state index in [0.717, 1.165) is 46.5 Å². The van der Waals surface area contributed by atoms with Crippen LogP contribution in [0.1, 0.15) is 27.2 Å². The quantitative estimate of drug-likeness (QED) is 0.201. The Hall–Kier alpha value is -4.97. The van der Waals surface area contributed by atoms with Gasteiger partial charge in [-0.2, -0.15) is 13.2 Å². The molecule has 3 amide bonds. The Morgan fingerprint density at radius 1 is 0.977 bits per heavy atom. The number of furan rings is 1. The zero-order valence-corrected chi connectivity index (χ0v) is 23.6. The van der Waals surface area contributed by atoms with E-state index in [-0.39, 0.29) is 22.7 Å². The lowest BCUT2D eigenvalue weighted by Gasteiger charge is -2.15. The molecular formula is C31H24F3N3O5S. The van der Waals surface area contributed by atoms with Gasteiger partial charge in [0.15, 0.2) is 0 Å². The van der Waals surface area contributed by atoms with Gasteiger partial charge >= 0.3 is 6.18 Å². The molecule has 0 aliphatic carbocycles. The topological polar surface area (TPSA) is 101 Å². The van der Waals surface area contributed by atoms with Crippen molar-refractivity contribution in [2.24, 2.45) is 0 Å². The van der Waals surface area contributed by atoms with Gasteiger partial charge in [-0.15, -0.1) is 0 Å². The number of nitrogens with one attached hydrogen (secondary N) is 2. The summed E-state index contributed by atoms with van der Waals surface area (Å²) < 4.78 is 49.4. The van der Waals surface area contributed by atoms with Gasteiger partial charge in [0, 0.05) is 16.1 Å². The number of carbonyl (C=O) groups is 3. The van der Waals surface area contributed by atoms with E-state index in [1.165, 1.54) is 13.4 Å². The summed E-state index contributed by atoms with van der Waals surface area (Å²) in [6.45, 7) is 1.80. The molecule has 3 aromatic carbocycles. The summed E-state index contributed by atoms with van der Waals surface area (Å²) in [6.07, 6.45) is -3.06. The average molecular weight is 608 g/mol. The summed E-state index contributed by atoms with van der Waals surface area (Å²) in [7, 11) is 1.50. The Kier molecular flexibility index (Phi) is 8.31. The summed E-state index contributed by atoms with van der Waals surface area (Å²) in [5.74, 6) is -0.812. The monoisotopic (exact) mass is 607 g/mol. The fourth-order valence-electron chi connectivity index (χ4n) is 4.28. The highest BCUT2D eigenvalue weighted by Crippen LogP contribution is 2.39. The minimum Gasteiger partial charge on any atom is -0.495 e. The molecule has 1 aliphatic heterocycles. The van der Waals surface area contributed by atoms with Crippen molar-refractivity contribution >= 4 is 40.9 Å². The summed E-state index contributed by atoms with van der Waals surface area (Å²) >= 11 is 1.02. The number of methoxy groups -OCH3 is 1. The summed E-state index contributed by atoms with van der Waals surface area (Å²) in [5, 5.41) is 5.74. The van der Waals surface area contributed by atoms with Crippen molar-refractivity contribution in [3.05, 3.63) is 118 Å². The van der Waals surface area contributed by atoms with Gasteiger partial charge in [-0.25, -0.2) is 0 Å². The van der Waals surface area contributed by atoms with Crippen LogP contribution in [0.3, 0.4) is 0 Å². The van der Waals surface area contributed by atoms with Crippen molar-refractivity contribution in [1.82, 2.24) is 4.90 Å². The number of halogens is 3. The van der Waals surface area contributed by atoms with Crippen LogP contribution in [0.4, 0.5) is 24.5 Å². The van der Waals surface area contributed by atoms with Crippen molar-refractivity contribution in [3.63, 3.8) is 0 Å². The molecule has 0 unspecified atom stereocenters. The molecule has 1 aromatic heterocycles. The molecule has 4 aromatic rings. The van der Waals surface area contributed by atoms with Crippen LogP contribution in [0.2, 0.25) is 0 Å². The van der Waals surface area contributed by atoms with Crippen LogP contribution in [0.5, 0.6) is 5.75 Å². The van der Waals surface area contributed by atoms with E-state index in [4.69, 9.17) is 9.15 Å². The lowest BCUT2D eigenvalue weighted by atomic mass is 10.1. The molecule has 1 aliphatic rings. The number of anilines is 2. The standard InChI is InChI=1S/C31H24F3N3O5S/c1-18-8-13-25(41-2)24(15-18)36-26-27(30(40)37(29(26)39)17-22-6-4-14-42-22)43-23-7-3-5-21(16-23)35-28(38)19-9-11-20(12-10-19)31(32,33)34/h3-16,36H,17H2,1-2H3,(H,35,38). The summed E-state index contributed by atoms with van der Waals surface area (Å²) in [5.41, 5.74) is 0.963. The molecule has 5 rings (SSSR count). The number of aryl methyl sites for hydroxylation is 1. The van der Waals surface area contributed by atoms with Gasteiger partial charge in [0.1, 0.15) is 22.1 Å².